The quantitative estimate of drug-likeness (QED) is 0.726. The molecule has 0 aromatic carbocycles. The first-order chi connectivity index (χ1) is 15.5. The average molecular weight is 474 g/mol. The van der Waals surface area contributed by atoms with Gasteiger partial charge < -0.3 is 15.2 Å². The molecule has 0 radical (unpaired) electrons. The van der Waals surface area contributed by atoms with Gasteiger partial charge in [0.15, 0.2) is 22.1 Å². The zero-order chi connectivity index (χ0) is 22.2. The molecule has 4 heterocycles. The molecule has 2 N–H and O–H groups in total. The molecule has 0 bridgehead atoms. The number of piperidine rings is 1. The van der Waals surface area contributed by atoms with Gasteiger partial charge in [-0.1, -0.05) is 17.8 Å². The number of nitrogens with zero attached hydrogens (tertiary/aromatic N) is 6. The molecule has 2 aromatic rings. The Kier molecular flexibility index (Phi) is 5.93. The van der Waals surface area contributed by atoms with Gasteiger partial charge in [-0.2, -0.15) is 0 Å². The van der Waals surface area contributed by atoms with Gasteiger partial charge in [0.05, 0.1) is 11.3 Å². The second kappa shape index (κ2) is 8.86. The third-order valence-corrected chi connectivity index (χ3v) is 8.44. The van der Waals surface area contributed by atoms with Gasteiger partial charge in [0.25, 0.3) is 0 Å². The van der Waals surface area contributed by atoms with Crippen molar-refractivity contribution in [3.8, 4) is 0 Å². The lowest BCUT2D eigenvalue weighted by molar-refractivity contribution is -0.130. The predicted molar refractivity (Wildman–Crippen MR) is 126 cm³/mol. The zero-order valence-corrected chi connectivity index (χ0v) is 19.3. The normalized spacial score (nSPS) is 23.4. The number of anilines is 1. The molecule has 0 spiro atoms. The molecule has 0 saturated carbocycles. The molecule has 1 aliphatic carbocycles. The van der Waals surface area contributed by atoms with Gasteiger partial charge in [0, 0.05) is 26.6 Å². The van der Waals surface area contributed by atoms with E-state index >= 15 is 0 Å². The first kappa shape index (κ1) is 21.4. The van der Waals surface area contributed by atoms with Crippen LogP contribution >= 0.6 is 23.5 Å². The highest BCUT2D eigenvalue weighted by Gasteiger charge is 2.31. The Morgan fingerprint density at radius 2 is 2.16 bits per heavy atom. The molecule has 2 aliphatic heterocycles. The number of nitrogen functional groups attached to an aromatic ring is 1. The van der Waals surface area contributed by atoms with Crippen LogP contribution in [0.15, 0.2) is 40.5 Å². The number of fused-ring (bicyclic) bond motifs is 2. The molecule has 1 fully saturated rings. The highest BCUT2D eigenvalue weighted by atomic mass is 32.2. The minimum absolute atomic E-state index is 0.0170. The summed E-state index contributed by atoms with van der Waals surface area (Å²) in [5.74, 6) is 0.827. The molecular weight excluding hydrogens is 449 g/mol. The number of allylic oxidation sites excluding steroid dienone is 2. The largest absolute Gasteiger partial charge is 0.382 e. The summed E-state index contributed by atoms with van der Waals surface area (Å²) in [5.41, 5.74) is 7.38. The topological polar surface area (TPSA) is 102 Å². The standard InChI is InChI=1S/C21H24FN7OS2/c1-12(30)28-7-4-13(5-8-28)6-9-29-19-17(18(23)24-11-25-19)27-20(29)32-21-26-15-3-2-14(22)10-16(15)31-21/h2-3,10-11,13,15-16H,4-9H2,1H3,(H2,23,24,25). The predicted octanol–water partition coefficient (Wildman–Crippen LogP) is 3.41. The second-order valence-corrected chi connectivity index (χ2v) is 10.6. The van der Waals surface area contributed by atoms with Crippen molar-refractivity contribution in [1.82, 2.24) is 24.4 Å². The molecule has 8 nitrogen and oxygen atoms in total. The number of hydrogen-bond donors (Lipinski definition) is 1. The summed E-state index contributed by atoms with van der Waals surface area (Å²) < 4.78 is 16.6. The Balaban J connectivity index is 1.34. The number of aromatic nitrogens is 4. The maximum Gasteiger partial charge on any atom is 0.219 e. The number of imidazole rings is 1. The summed E-state index contributed by atoms with van der Waals surface area (Å²) in [6.45, 7) is 4.01. The third-order valence-electron chi connectivity index (χ3n) is 6.13. The summed E-state index contributed by atoms with van der Waals surface area (Å²) in [4.78, 5) is 31.5. The number of halogens is 1. The number of aliphatic imine (C=N–C) groups is 1. The van der Waals surface area contributed by atoms with Crippen LogP contribution in [0.1, 0.15) is 26.2 Å². The van der Waals surface area contributed by atoms with Crippen LogP contribution in [0.4, 0.5) is 10.2 Å². The van der Waals surface area contributed by atoms with Gasteiger partial charge in [-0.25, -0.2) is 19.3 Å². The number of hydrogen-bond acceptors (Lipinski definition) is 8. The fraction of sp³-hybridized carbons (Fsp3) is 0.476. The number of carbonyl (C=O) groups is 1. The Hall–Kier alpha value is -2.40. The summed E-state index contributed by atoms with van der Waals surface area (Å²) >= 11 is 3.03. The summed E-state index contributed by atoms with van der Waals surface area (Å²) in [6.07, 6.45) is 9.33. The van der Waals surface area contributed by atoms with Gasteiger partial charge in [-0.15, -0.1) is 0 Å². The lowest BCUT2D eigenvalue weighted by atomic mass is 9.93. The molecule has 1 saturated heterocycles. The minimum atomic E-state index is -0.216. The van der Waals surface area contributed by atoms with E-state index in [0.717, 1.165) is 48.4 Å². The number of likely N-dealkylation sites (tertiary alicyclic amines) is 1. The van der Waals surface area contributed by atoms with E-state index in [1.807, 2.05) is 4.90 Å². The van der Waals surface area contributed by atoms with E-state index in [1.54, 1.807) is 30.8 Å². The summed E-state index contributed by atoms with van der Waals surface area (Å²) in [7, 11) is 0. The summed E-state index contributed by atoms with van der Waals surface area (Å²) in [6, 6.07) is -0.0452. The van der Waals surface area contributed by atoms with Gasteiger partial charge in [-0.05, 0) is 49.1 Å². The fourth-order valence-corrected chi connectivity index (χ4v) is 6.70. The van der Waals surface area contributed by atoms with Gasteiger partial charge in [0.1, 0.15) is 16.5 Å². The van der Waals surface area contributed by atoms with E-state index < -0.39 is 0 Å². The molecular formula is C21H24FN7OS2. The van der Waals surface area contributed by atoms with Gasteiger partial charge in [-0.3, -0.25) is 9.79 Å². The van der Waals surface area contributed by atoms with Crippen molar-refractivity contribution in [2.75, 3.05) is 18.8 Å². The Bertz CT molecular complexity index is 1140. The molecule has 168 valence electrons. The SMILES string of the molecule is CC(=O)N1CCC(CCn2c(SC3=NC4C=CC(F)=CC4S3)nc3c(N)ncnc32)CC1. The number of amides is 1. The Morgan fingerprint density at radius 3 is 2.94 bits per heavy atom. The summed E-state index contributed by atoms with van der Waals surface area (Å²) in [5, 5.41) is 0.753. The van der Waals surface area contributed by atoms with Crippen molar-refractivity contribution in [2.24, 2.45) is 10.9 Å². The molecule has 2 atom stereocenters. The fourth-order valence-electron chi connectivity index (χ4n) is 4.29. The van der Waals surface area contributed by atoms with Gasteiger partial charge >= 0.3 is 0 Å². The highest BCUT2D eigenvalue weighted by Crippen LogP contribution is 2.40. The second-order valence-electron chi connectivity index (χ2n) is 8.20. The van der Waals surface area contributed by atoms with E-state index in [1.165, 1.54) is 24.2 Å². The van der Waals surface area contributed by atoms with Crippen molar-refractivity contribution in [1.29, 1.82) is 0 Å². The first-order valence-corrected chi connectivity index (χ1v) is 12.4. The van der Waals surface area contributed by atoms with Crippen LogP contribution in [0.5, 0.6) is 0 Å². The molecule has 2 unspecified atom stereocenters. The van der Waals surface area contributed by atoms with Crippen LogP contribution in [0.2, 0.25) is 0 Å². The lowest BCUT2D eigenvalue weighted by Crippen LogP contribution is -2.37. The van der Waals surface area contributed by atoms with Crippen LogP contribution in [-0.2, 0) is 11.3 Å². The van der Waals surface area contributed by atoms with E-state index in [4.69, 9.17) is 15.7 Å². The molecule has 1 amide bonds. The number of thioether (sulfide) groups is 2. The number of aryl methyl sites for hydroxylation is 1. The van der Waals surface area contributed by atoms with Crippen molar-refractivity contribution in [3.63, 3.8) is 0 Å². The monoisotopic (exact) mass is 473 g/mol. The lowest BCUT2D eigenvalue weighted by Gasteiger charge is -2.31. The number of nitrogens with two attached hydrogens (primary N) is 1. The molecule has 32 heavy (non-hydrogen) atoms. The maximum absolute atomic E-state index is 13.6. The smallest absolute Gasteiger partial charge is 0.219 e. The van der Waals surface area contributed by atoms with Gasteiger partial charge in [0.2, 0.25) is 5.91 Å². The van der Waals surface area contributed by atoms with Crippen LogP contribution in [-0.4, -0.2) is 59.1 Å². The highest BCUT2D eigenvalue weighted by molar-refractivity contribution is 8.39. The van der Waals surface area contributed by atoms with E-state index in [2.05, 4.69) is 14.5 Å². The van der Waals surface area contributed by atoms with E-state index in [0.29, 0.717) is 22.9 Å². The van der Waals surface area contributed by atoms with Crippen LogP contribution in [0.25, 0.3) is 11.2 Å². The number of carbonyl (C=O) groups excluding carboxylic acids is 1. The van der Waals surface area contributed by atoms with Crippen molar-refractivity contribution >= 4 is 50.8 Å². The van der Waals surface area contributed by atoms with Crippen LogP contribution < -0.4 is 5.73 Å². The van der Waals surface area contributed by atoms with Crippen molar-refractivity contribution in [2.45, 2.75) is 49.2 Å². The van der Waals surface area contributed by atoms with Crippen LogP contribution in [0.3, 0.4) is 0 Å². The van der Waals surface area contributed by atoms with Crippen LogP contribution in [0, 0.1) is 5.92 Å². The van der Waals surface area contributed by atoms with Crippen molar-refractivity contribution in [3.05, 3.63) is 30.4 Å². The number of rotatable bonds is 4. The Labute approximate surface area is 193 Å². The average Bonchev–Trinajstić information content (AvgIpc) is 3.33. The zero-order valence-electron chi connectivity index (χ0n) is 17.6. The minimum Gasteiger partial charge on any atom is -0.382 e. The van der Waals surface area contributed by atoms with E-state index in [9.17, 15) is 9.18 Å². The van der Waals surface area contributed by atoms with E-state index in [-0.39, 0.29) is 23.0 Å². The molecule has 3 aliphatic rings. The Morgan fingerprint density at radius 1 is 1.34 bits per heavy atom. The first-order valence-electron chi connectivity index (χ1n) is 10.7. The third kappa shape index (κ3) is 4.27. The maximum atomic E-state index is 13.6. The molecule has 2 aromatic heterocycles. The molecule has 5 rings (SSSR count). The van der Waals surface area contributed by atoms with Crippen molar-refractivity contribution < 1.29 is 9.18 Å². The molecule has 11 heteroatoms.